The standard InChI is InChI=1S/C28H36IN3O/c1-4-20-5-7-22(28(2,3)27-17-21-6-8-23(29)19-25(21)30-27)18-26(20)32-11-9-24(10-12-32)31-13-15-33-16-14-31/h5-8,17-19,24,30H,4,9-16H2,1-3H3. The van der Waals surface area contributed by atoms with E-state index in [-0.39, 0.29) is 5.41 Å². The van der Waals surface area contributed by atoms with Crippen LogP contribution in [0, 0.1) is 3.57 Å². The summed E-state index contributed by atoms with van der Waals surface area (Å²) in [6.07, 6.45) is 3.57. The van der Waals surface area contributed by atoms with Crippen molar-refractivity contribution >= 4 is 39.2 Å². The Morgan fingerprint density at radius 1 is 1.00 bits per heavy atom. The Morgan fingerprint density at radius 3 is 2.48 bits per heavy atom. The fourth-order valence-corrected chi connectivity index (χ4v) is 6.04. The first-order valence-corrected chi connectivity index (χ1v) is 13.5. The highest BCUT2D eigenvalue weighted by Gasteiger charge is 2.29. The number of piperidine rings is 1. The Balaban J connectivity index is 1.39. The SMILES string of the molecule is CCc1ccc(C(C)(C)c2cc3ccc(I)cc3[nH]2)cc1N1CCC(N2CCOCC2)CC1. The highest BCUT2D eigenvalue weighted by atomic mass is 127. The van der Waals surface area contributed by atoms with Crippen LogP contribution in [0.5, 0.6) is 0 Å². The van der Waals surface area contributed by atoms with Gasteiger partial charge in [-0.15, -0.1) is 0 Å². The lowest BCUT2D eigenvalue weighted by Gasteiger charge is -2.41. The van der Waals surface area contributed by atoms with Crippen LogP contribution in [0.1, 0.15) is 50.4 Å². The number of fused-ring (bicyclic) bond motifs is 1. The number of nitrogens with one attached hydrogen (secondary N) is 1. The van der Waals surface area contributed by atoms with E-state index in [2.05, 4.69) is 101 Å². The van der Waals surface area contributed by atoms with Crippen molar-refractivity contribution in [1.82, 2.24) is 9.88 Å². The summed E-state index contributed by atoms with van der Waals surface area (Å²) in [6.45, 7) is 13.2. The van der Waals surface area contributed by atoms with Gasteiger partial charge in [0.15, 0.2) is 0 Å². The maximum Gasteiger partial charge on any atom is 0.0594 e. The molecule has 0 atom stereocenters. The number of benzene rings is 2. The molecule has 3 heterocycles. The summed E-state index contributed by atoms with van der Waals surface area (Å²) in [7, 11) is 0. The molecule has 176 valence electrons. The first kappa shape index (κ1) is 23.2. The number of hydrogen-bond donors (Lipinski definition) is 1. The molecule has 5 heteroatoms. The molecular weight excluding hydrogens is 521 g/mol. The number of rotatable bonds is 5. The lowest BCUT2D eigenvalue weighted by Crippen LogP contribution is -2.49. The molecule has 5 rings (SSSR count). The van der Waals surface area contributed by atoms with Crippen LogP contribution >= 0.6 is 22.6 Å². The van der Waals surface area contributed by atoms with Crippen molar-refractivity contribution in [2.75, 3.05) is 44.3 Å². The molecule has 0 radical (unpaired) electrons. The second kappa shape index (κ2) is 9.59. The molecule has 2 fully saturated rings. The molecular formula is C28H36IN3O. The van der Waals surface area contributed by atoms with Gasteiger partial charge in [-0.05, 0) is 82.6 Å². The summed E-state index contributed by atoms with van der Waals surface area (Å²) in [5.41, 5.74) is 6.70. The van der Waals surface area contributed by atoms with E-state index in [1.165, 1.54) is 49.8 Å². The van der Waals surface area contributed by atoms with E-state index in [1.54, 1.807) is 0 Å². The Hall–Kier alpha value is -1.57. The maximum atomic E-state index is 5.56. The lowest BCUT2D eigenvalue weighted by atomic mass is 9.80. The molecule has 1 aromatic heterocycles. The Morgan fingerprint density at radius 2 is 1.76 bits per heavy atom. The van der Waals surface area contributed by atoms with Crippen molar-refractivity contribution in [2.24, 2.45) is 0 Å². The summed E-state index contributed by atoms with van der Waals surface area (Å²) >= 11 is 2.39. The largest absolute Gasteiger partial charge is 0.379 e. The minimum absolute atomic E-state index is 0.0857. The van der Waals surface area contributed by atoms with Crippen molar-refractivity contribution in [3.63, 3.8) is 0 Å². The maximum absolute atomic E-state index is 5.56. The van der Waals surface area contributed by atoms with Gasteiger partial charge >= 0.3 is 0 Å². The molecule has 1 N–H and O–H groups in total. The topological polar surface area (TPSA) is 31.5 Å². The minimum atomic E-state index is -0.0857. The Labute approximate surface area is 211 Å². The molecule has 3 aromatic rings. The van der Waals surface area contributed by atoms with Crippen LogP contribution < -0.4 is 4.90 Å². The molecule has 2 saturated heterocycles. The van der Waals surface area contributed by atoms with Gasteiger partial charge in [0.1, 0.15) is 0 Å². The third kappa shape index (κ3) is 4.69. The van der Waals surface area contributed by atoms with E-state index in [4.69, 9.17) is 4.74 Å². The Bertz CT molecular complexity index is 1110. The van der Waals surface area contributed by atoms with Crippen LogP contribution in [0.15, 0.2) is 42.5 Å². The van der Waals surface area contributed by atoms with Crippen molar-refractivity contribution in [3.05, 3.63) is 62.9 Å². The number of aromatic amines is 1. The summed E-state index contributed by atoms with van der Waals surface area (Å²) in [5.74, 6) is 0. The average Bonchev–Trinajstić information content (AvgIpc) is 3.28. The average molecular weight is 558 g/mol. The monoisotopic (exact) mass is 557 g/mol. The van der Waals surface area contributed by atoms with Crippen molar-refractivity contribution in [3.8, 4) is 0 Å². The van der Waals surface area contributed by atoms with Gasteiger partial charge in [0.05, 0.1) is 13.2 Å². The van der Waals surface area contributed by atoms with E-state index >= 15 is 0 Å². The number of hydrogen-bond acceptors (Lipinski definition) is 3. The van der Waals surface area contributed by atoms with Gasteiger partial charge in [-0.2, -0.15) is 0 Å². The van der Waals surface area contributed by atoms with E-state index in [1.807, 2.05) is 0 Å². The fourth-order valence-electron chi connectivity index (χ4n) is 5.55. The quantitative estimate of drug-likeness (QED) is 0.393. The van der Waals surface area contributed by atoms with Gasteiger partial charge < -0.3 is 14.6 Å². The zero-order chi connectivity index (χ0) is 23.0. The summed E-state index contributed by atoms with van der Waals surface area (Å²) in [5, 5.41) is 1.29. The molecule has 0 bridgehead atoms. The summed E-state index contributed by atoms with van der Waals surface area (Å²) in [6, 6.07) is 16.9. The minimum Gasteiger partial charge on any atom is -0.379 e. The third-order valence-corrected chi connectivity index (χ3v) is 8.48. The number of H-pyrrole nitrogens is 1. The van der Waals surface area contributed by atoms with Gasteiger partial charge in [-0.25, -0.2) is 0 Å². The molecule has 0 saturated carbocycles. The number of halogens is 1. The van der Waals surface area contributed by atoms with Gasteiger partial charge in [-0.3, -0.25) is 4.90 Å². The number of anilines is 1. The molecule has 0 spiro atoms. The van der Waals surface area contributed by atoms with Crippen LogP contribution in [0.25, 0.3) is 10.9 Å². The highest BCUT2D eigenvalue weighted by Crippen LogP contribution is 2.37. The van der Waals surface area contributed by atoms with Crippen molar-refractivity contribution in [2.45, 2.75) is 51.5 Å². The second-order valence-electron chi connectivity index (χ2n) is 10.1. The van der Waals surface area contributed by atoms with Crippen LogP contribution in [0.2, 0.25) is 0 Å². The first-order valence-electron chi connectivity index (χ1n) is 12.4. The van der Waals surface area contributed by atoms with Crippen LogP contribution in [0.4, 0.5) is 5.69 Å². The predicted octanol–water partition coefficient (Wildman–Crippen LogP) is 5.96. The number of aromatic nitrogens is 1. The van der Waals surface area contributed by atoms with E-state index in [0.717, 1.165) is 45.8 Å². The predicted molar refractivity (Wildman–Crippen MR) is 147 cm³/mol. The molecule has 0 amide bonds. The van der Waals surface area contributed by atoms with E-state index < -0.39 is 0 Å². The van der Waals surface area contributed by atoms with Crippen LogP contribution in [0.3, 0.4) is 0 Å². The number of nitrogens with zero attached hydrogens (tertiary/aromatic N) is 2. The molecule has 2 aliphatic rings. The van der Waals surface area contributed by atoms with Gasteiger partial charge in [0.25, 0.3) is 0 Å². The molecule has 33 heavy (non-hydrogen) atoms. The van der Waals surface area contributed by atoms with Crippen molar-refractivity contribution < 1.29 is 4.74 Å². The van der Waals surface area contributed by atoms with Crippen LogP contribution in [-0.2, 0) is 16.6 Å². The molecule has 4 nitrogen and oxygen atoms in total. The van der Waals surface area contributed by atoms with Crippen LogP contribution in [-0.4, -0.2) is 55.3 Å². The molecule has 2 aliphatic heterocycles. The first-order chi connectivity index (χ1) is 16.0. The molecule has 0 unspecified atom stereocenters. The van der Waals surface area contributed by atoms with E-state index in [0.29, 0.717) is 6.04 Å². The Kier molecular flexibility index (Phi) is 6.74. The summed E-state index contributed by atoms with van der Waals surface area (Å²) in [4.78, 5) is 9.00. The zero-order valence-electron chi connectivity index (χ0n) is 20.2. The second-order valence-corrected chi connectivity index (χ2v) is 11.3. The highest BCUT2D eigenvalue weighted by molar-refractivity contribution is 14.1. The zero-order valence-corrected chi connectivity index (χ0v) is 22.3. The third-order valence-electron chi connectivity index (χ3n) is 7.81. The normalized spacial score (nSPS) is 18.8. The van der Waals surface area contributed by atoms with Gasteiger partial charge in [0, 0.05) is 58.1 Å². The van der Waals surface area contributed by atoms with Crippen molar-refractivity contribution in [1.29, 1.82) is 0 Å². The fraction of sp³-hybridized carbons (Fsp3) is 0.500. The molecule has 2 aromatic carbocycles. The number of morpholine rings is 1. The van der Waals surface area contributed by atoms with Gasteiger partial charge in [-0.1, -0.05) is 39.0 Å². The molecule has 0 aliphatic carbocycles. The van der Waals surface area contributed by atoms with Gasteiger partial charge in [0.2, 0.25) is 0 Å². The summed E-state index contributed by atoms with van der Waals surface area (Å²) < 4.78 is 6.83. The smallest absolute Gasteiger partial charge is 0.0594 e. The number of aryl methyl sites for hydroxylation is 1. The lowest BCUT2D eigenvalue weighted by molar-refractivity contribution is 0.0115. The number of ether oxygens (including phenoxy) is 1. The van der Waals surface area contributed by atoms with E-state index in [9.17, 15) is 0 Å².